The molecule has 0 spiro atoms. The van der Waals surface area contributed by atoms with Crippen LogP contribution in [-0.4, -0.2) is 44.3 Å². The summed E-state index contributed by atoms with van der Waals surface area (Å²) in [5.74, 6) is -0.731. The Balaban J connectivity index is 1.85. The molecule has 0 bridgehead atoms. The number of ether oxygens (including phenoxy) is 3. The van der Waals surface area contributed by atoms with Gasteiger partial charge in [-0.1, -0.05) is 18.2 Å². The molecule has 0 atom stereocenters. The molecule has 0 aliphatic rings. The Hall–Kier alpha value is -3.88. The number of amides is 2. The number of carbonyl (C=O) groups excluding carboxylic acids is 3. The number of nitrogens with one attached hydrogen (secondary N) is 2. The summed E-state index contributed by atoms with van der Waals surface area (Å²) in [6, 6.07) is 13.7. The van der Waals surface area contributed by atoms with Crippen LogP contribution in [0.5, 0.6) is 11.5 Å². The van der Waals surface area contributed by atoms with Gasteiger partial charge in [-0.3, -0.25) is 9.59 Å². The number of benzene rings is 2. The highest BCUT2D eigenvalue weighted by Gasteiger charge is 2.10. The zero-order valence-corrected chi connectivity index (χ0v) is 16.7. The van der Waals surface area contributed by atoms with Crippen molar-refractivity contribution in [2.75, 3.05) is 25.6 Å². The molecule has 2 rings (SSSR count). The number of carbonyl (C=O) groups is 3. The molecule has 2 amide bonds. The van der Waals surface area contributed by atoms with Gasteiger partial charge in [0.1, 0.15) is 6.42 Å². The summed E-state index contributed by atoms with van der Waals surface area (Å²) >= 11 is 0. The summed E-state index contributed by atoms with van der Waals surface area (Å²) in [6.45, 7) is 1.74. The molecule has 0 aliphatic carbocycles. The van der Waals surface area contributed by atoms with Crippen molar-refractivity contribution in [3.63, 3.8) is 0 Å². The van der Waals surface area contributed by atoms with Gasteiger partial charge in [-0.2, -0.15) is 5.10 Å². The lowest BCUT2D eigenvalue weighted by molar-refractivity contribution is -0.145. The minimum Gasteiger partial charge on any atom is -0.493 e. The number of hydrogen-bond acceptors (Lipinski definition) is 7. The van der Waals surface area contributed by atoms with E-state index in [4.69, 9.17) is 14.2 Å². The number of anilines is 1. The van der Waals surface area contributed by atoms with Crippen molar-refractivity contribution in [1.29, 1.82) is 0 Å². The maximum atomic E-state index is 11.8. The standard InChI is InChI=1S/C21H23N3O6/c1-3-29-21(27)14-30-17-10-9-15(11-18(17)28-2)13-22-24-20(26)12-19(25)23-16-7-5-4-6-8-16/h4-11,13H,3,12,14H2,1-2H3,(H,23,25)(H,24,26). The molecule has 9 heteroatoms. The smallest absolute Gasteiger partial charge is 0.344 e. The number of nitrogens with zero attached hydrogens (tertiary/aromatic N) is 1. The molecule has 0 aliphatic heterocycles. The molecule has 0 saturated carbocycles. The highest BCUT2D eigenvalue weighted by Crippen LogP contribution is 2.27. The van der Waals surface area contributed by atoms with Gasteiger partial charge in [0.15, 0.2) is 18.1 Å². The first-order valence-electron chi connectivity index (χ1n) is 9.15. The van der Waals surface area contributed by atoms with Crippen molar-refractivity contribution in [1.82, 2.24) is 5.43 Å². The highest BCUT2D eigenvalue weighted by molar-refractivity contribution is 6.03. The Morgan fingerprint density at radius 3 is 2.50 bits per heavy atom. The van der Waals surface area contributed by atoms with E-state index in [9.17, 15) is 14.4 Å². The van der Waals surface area contributed by atoms with E-state index in [1.165, 1.54) is 13.3 Å². The van der Waals surface area contributed by atoms with Crippen LogP contribution >= 0.6 is 0 Å². The quantitative estimate of drug-likeness (QED) is 0.267. The van der Waals surface area contributed by atoms with Crippen molar-refractivity contribution in [2.45, 2.75) is 13.3 Å². The number of hydrazone groups is 1. The first-order chi connectivity index (χ1) is 14.5. The van der Waals surface area contributed by atoms with Crippen molar-refractivity contribution in [2.24, 2.45) is 5.10 Å². The molecule has 0 fully saturated rings. The second-order valence-corrected chi connectivity index (χ2v) is 5.89. The van der Waals surface area contributed by atoms with E-state index >= 15 is 0 Å². The van der Waals surface area contributed by atoms with Crippen LogP contribution in [0.15, 0.2) is 53.6 Å². The molecule has 0 heterocycles. The molecule has 2 aromatic rings. The van der Waals surface area contributed by atoms with Gasteiger partial charge in [0.25, 0.3) is 0 Å². The fourth-order valence-corrected chi connectivity index (χ4v) is 2.31. The molecule has 0 radical (unpaired) electrons. The van der Waals surface area contributed by atoms with E-state index in [0.29, 0.717) is 22.7 Å². The fraction of sp³-hybridized carbons (Fsp3) is 0.238. The monoisotopic (exact) mass is 413 g/mol. The Morgan fingerprint density at radius 1 is 1.03 bits per heavy atom. The van der Waals surface area contributed by atoms with Gasteiger partial charge in [0.05, 0.1) is 19.9 Å². The van der Waals surface area contributed by atoms with E-state index in [1.54, 1.807) is 49.4 Å². The zero-order valence-electron chi connectivity index (χ0n) is 16.7. The predicted octanol–water partition coefficient (Wildman–Crippen LogP) is 2.12. The molecule has 2 N–H and O–H groups in total. The van der Waals surface area contributed by atoms with Crippen LogP contribution in [0.4, 0.5) is 5.69 Å². The van der Waals surface area contributed by atoms with Crippen molar-refractivity contribution in [3.05, 3.63) is 54.1 Å². The Kier molecular flexibility index (Phi) is 8.85. The number of para-hydroxylation sites is 1. The van der Waals surface area contributed by atoms with Crippen molar-refractivity contribution in [3.8, 4) is 11.5 Å². The number of hydrogen-bond donors (Lipinski definition) is 2. The van der Waals surface area contributed by atoms with Gasteiger partial charge in [-0.05, 0) is 42.8 Å². The lowest BCUT2D eigenvalue weighted by Crippen LogP contribution is -2.24. The molecule has 0 saturated heterocycles. The number of esters is 1. The summed E-state index contributed by atoms with van der Waals surface area (Å²) in [5.41, 5.74) is 3.51. The van der Waals surface area contributed by atoms with Crippen LogP contribution in [0, 0.1) is 0 Å². The SMILES string of the molecule is CCOC(=O)COc1ccc(C=NNC(=O)CC(=O)Nc2ccccc2)cc1OC. The summed E-state index contributed by atoms with van der Waals surface area (Å²) in [6.07, 6.45) is 1.03. The molecule has 2 aromatic carbocycles. The molecule has 9 nitrogen and oxygen atoms in total. The second-order valence-electron chi connectivity index (χ2n) is 5.89. The van der Waals surface area contributed by atoms with Crippen LogP contribution < -0.4 is 20.2 Å². The van der Waals surface area contributed by atoms with Gasteiger partial charge < -0.3 is 19.5 Å². The third-order valence-electron chi connectivity index (χ3n) is 3.62. The fourth-order valence-electron chi connectivity index (χ4n) is 2.31. The average molecular weight is 413 g/mol. The summed E-state index contributed by atoms with van der Waals surface area (Å²) in [5, 5.41) is 6.45. The van der Waals surface area contributed by atoms with E-state index in [1.807, 2.05) is 6.07 Å². The topological polar surface area (TPSA) is 115 Å². The minimum absolute atomic E-state index is 0.237. The van der Waals surface area contributed by atoms with E-state index in [-0.39, 0.29) is 19.6 Å². The van der Waals surface area contributed by atoms with E-state index < -0.39 is 17.8 Å². The van der Waals surface area contributed by atoms with Crippen LogP contribution in [0.3, 0.4) is 0 Å². The van der Waals surface area contributed by atoms with Crippen LogP contribution in [0.25, 0.3) is 0 Å². The van der Waals surface area contributed by atoms with Gasteiger partial charge >= 0.3 is 5.97 Å². The van der Waals surface area contributed by atoms with Crippen molar-refractivity contribution < 1.29 is 28.6 Å². The van der Waals surface area contributed by atoms with Crippen molar-refractivity contribution >= 4 is 29.7 Å². The maximum absolute atomic E-state index is 11.8. The minimum atomic E-state index is -0.555. The Morgan fingerprint density at radius 2 is 1.80 bits per heavy atom. The second kappa shape index (κ2) is 11.8. The molecule has 0 unspecified atom stereocenters. The average Bonchev–Trinajstić information content (AvgIpc) is 2.73. The zero-order chi connectivity index (χ0) is 21.8. The Labute approximate surface area is 174 Å². The molecular formula is C21H23N3O6. The summed E-state index contributed by atoms with van der Waals surface area (Å²) < 4.78 is 15.4. The third kappa shape index (κ3) is 7.63. The van der Waals surface area contributed by atoms with E-state index in [0.717, 1.165) is 0 Å². The number of methoxy groups -OCH3 is 1. The number of rotatable bonds is 10. The first kappa shape index (κ1) is 22.4. The molecule has 0 aromatic heterocycles. The van der Waals surface area contributed by atoms with Crippen LogP contribution in [0.2, 0.25) is 0 Å². The highest BCUT2D eigenvalue weighted by atomic mass is 16.6. The lowest BCUT2D eigenvalue weighted by atomic mass is 10.2. The summed E-state index contributed by atoms with van der Waals surface area (Å²) in [4.78, 5) is 35.1. The molecule has 30 heavy (non-hydrogen) atoms. The maximum Gasteiger partial charge on any atom is 0.344 e. The van der Waals surface area contributed by atoms with Crippen LogP contribution in [0.1, 0.15) is 18.9 Å². The molecule has 158 valence electrons. The summed E-state index contributed by atoms with van der Waals surface area (Å²) in [7, 11) is 1.46. The first-order valence-corrected chi connectivity index (χ1v) is 9.15. The molecular weight excluding hydrogens is 390 g/mol. The van der Waals surface area contributed by atoms with Crippen LogP contribution in [-0.2, 0) is 19.1 Å². The Bertz CT molecular complexity index is 899. The van der Waals surface area contributed by atoms with Gasteiger partial charge in [-0.15, -0.1) is 0 Å². The normalized spacial score (nSPS) is 10.3. The largest absolute Gasteiger partial charge is 0.493 e. The van der Waals surface area contributed by atoms with E-state index in [2.05, 4.69) is 15.8 Å². The third-order valence-corrected chi connectivity index (χ3v) is 3.62. The lowest BCUT2D eigenvalue weighted by Gasteiger charge is -2.10. The van der Waals surface area contributed by atoms with Gasteiger partial charge in [-0.25, -0.2) is 10.2 Å². The van der Waals surface area contributed by atoms with Gasteiger partial charge in [0.2, 0.25) is 11.8 Å². The van der Waals surface area contributed by atoms with Gasteiger partial charge in [0, 0.05) is 5.69 Å². The predicted molar refractivity (Wildman–Crippen MR) is 111 cm³/mol.